The van der Waals surface area contributed by atoms with Crippen LogP contribution in [0.15, 0.2) is 54.9 Å². The number of esters is 1. The molecule has 2 amide bonds. The van der Waals surface area contributed by atoms with E-state index in [9.17, 15) is 14.4 Å². The minimum atomic E-state index is -0.970. The Bertz CT molecular complexity index is 1070. The van der Waals surface area contributed by atoms with E-state index in [1.807, 2.05) is 19.9 Å². The zero-order valence-electron chi connectivity index (χ0n) is 17.3. The van der Waals surface area contributed by atoms with E-state index >= 15 is 0 Å². The second-order valence-electron chi connectivity index (χ2n) is 6.93. The number of thiazole rings is 1. The van der Waals surface area contributed by atoms with Gasteiger partial charge in [-0.05, 0) is 23.6 Å². The fourth-order valence-corrected chi connectivity index (χ4v) is 3.81. The maximum atomic E-state index is 13.1. The molecule has 1 aromatic carbocycles. The molecule has 31 heavy (non-hydrogen) atoms. The summed E-state index contributed by atoms with van der Waals surface area (Å²) >= 11 is 1.20. The first-order valence-corrected chi connectivity index (χ1v) is 10.4. The van der Waals surface area contributed by atoms with E-state index in [-0.39, 0.29) is 16.7 Å². The van der Waals surface area contributed by atoms with Gasteiger partial charge in [0.15, 0.2) is 10.8 Å². The van der Waals surface area contributed by atoms with Gasteiger partial charge in [0.1, 0.15) is 6.04 Å². The molecule has 0 spiro atoms. The molecule has 0 aliphatic carbocycles. The molecule has 0 unspecified atom stereocenters. The number of carbonyl (C=O) groups excluding carboxylic acids is 3. The summed E-state index contributed by atoms with van der Waals surface area (Å²) in [6.07, 6.45) is 2.99. The van der Waals surface area contributed by atoms with Crippen LogP contribution in [0.5, 0.6) is 0 Å². The van der Waals surface area contributed by atoms with Crippen LogP contribution in [-0.2, 0) is 9.53 Å². The monoisotopic (exact) mass is 438 g/mol. The zero-order chi connectivity index (χ0) is 22.4. The largest absolute Gasteiger partial charge is 0.464 e. The molecule has 2 heterocycles. The number of rotatable bonds is 7. The molecule has 0 radical (unpaired) electrons. The minimum Gasteiger partial charge on any atom is -0.464 e. The predicted molar refractivity (Wildman–Crippen MR) is 117 cm³/mol. The molecule has 0 fully saturated rings. The topological polar surface area (TPSA) is 110 Å². The Labute approximate surface area is 183 Å². The van der Waals surface area contributed by atoms with Gasteiger partial charge in [0.2, 0.25) is 0 Å². The van der Waals surface area contributed by atoms with Crippen molar-refractivity contribution in [2.45, 2.75) is 25.8 Å². The molecular weight excluding hydrogens is 416 g/mol. The van der Waals surface area contributed by atoms with Crippen molar-refractivity contribution in [3.05, 3.63) is 76.6 Å². The highest BCUT2D eigenvalue weighted by Crippen LogP contribution is 2.31. The predicted octanol–water partition coefficient (Wildman–Crippen LogP) is 3.56. The van der Waals surface area contributed by atoms with E-state index in [0.717, 1.165) is 0 Å². The Morgan fingerprint density at radius 2 is 1.81 bits per heavy atom. The van der Waals surface area contributed by atoms with Crippen LogP contribution < -0.4 is 10.6 Å². The highest BCUT2D eigenvalue weighted by Gasteiger charge is 2.26. The summed E-state index contributed by atoms with van der Waals surface area (Å²) in [5.41, 5.74) is 1.11. The summed E-state index contributed by atoms with van der Waals surface area (Å²) in [5.74, 6) is -1.46. The Morgan fingerprint density at radius 3 is 2.42 bits per heavy atom. The Hall–Kier alpha value is -3.59. The molecule has 1 atom stereocenters. The van der Waals surface area contributed by atoms with Crippen LogP contribution in [0.3, 0.4) is 0 Å². The van der Waals surface area contributed by atoms with Crippen LogP contribution in [-0.4, -0.2) is 34.9 Å². The molecule has 9 heteroatoms. The number of anilines is 1. The molecule has 0 saturated heterocycles. The third-order valence-corrected chi connectivity index (χ3v) is 5.65. The number of hydrogen-bond acceptors (Lipinski definition) is 7. The maximum Gasteiger partial charge on any atom is 0.357 e. The third-order valence-electron chi connectivity index (χ3n) is 4.38. The average Bonchev–Trinajstić information content (AvgIpc) is 3.22. The lowest BCUT2D eigenvalue weighted by molar-refractivity contribution is -0.118. The Kier molecular flexibility index (Phi) is 7.09. The summed E-state index contributed by atoms with van der Waals surface area (Å²) in [6.45, 7) is 3.85. The first-order valence-electron chi connectivity index (χ1n) is 9.56. The number of ether oxygens (including phenoxy) is 1. The van der Waals surface area contributed by atoms with Gasteiger partial charge in [0.05, 0.1) is 12.7 Å². The molecule has 2 aromatic heterocycles. The van der Waals surface area contributed by atoms with Gasteiger partial charge < -0.3 is 10.1 Å². The fourth-order valence-electron chi connectivity index (χ4n) is 2.85. The lowest BCUT2D eigenvalue weighted by atomic mass is 10.1. The summed E-state index contributed by atoms with van der Waals surface area (Å²) in [5, 5.41) is 5.72. The zero-order valence-corrected chi connectivity index (χ0v) is 18.1. The minimum absolute atomic E-state index is 0.0208. The number of nitrogens with one attached hydrogen (secondary N) is 2. The van der Waals surface area contributed by atoms with Gasteiger partial charge >= 0.3 is 5.97 Å². The number of benzene rings is 1. The van der Waals surface area contributed by atoms with Crippen LogP contribution in [0.4, 0.5) is 5.13 Å². The van der Waals surface area contributed by atoms with Crippen molar-refractivity contribution in [2.75, 3.05) is 12.4 Å². The molecule has 0 aliphatic heterocycles. The van der Waals surface area contributed by atoms with Crippen molar-refractivity contribution in [1.29, 1.82) is 0 Å². The number of pyridine rings is 1. The Morgan fingerprint density at radius 1 is 1.06 bits per heavy atom. The molecule has 0 aliphatic rings. The van der Waals surface area contributed by atoms with Crippen LogP contribution in [0, 0.1) is 0 Å². The summed E-state index contributed by atoms with van der Waals surface area (Å²) in [4.78, 5) is 46.7. The van der Waals surface area contributed by atoms with Gasteiger partial charge in [-0.15, -0.1) is 11.3 Å². The maximum absolute atomic E-state index is 13.1. The normalized spacial score (nSPS) is 11.6. The summed E-state index contributed by atoms with van der Waals surface area (Å²) < 4.78 is 4.79. The van der Waals surface area contributed by atoms with Crippen LogP contribution in [0.1, 0.15) is 57.1 Å². The molecule has 2 N–H and O–H groups in total. The van der Waals surface area contributed by atoms with Gasteiger partial charge in [-0.3, -0.25) is 19.9 Å². The molecule has 8 nitrogen and oxygen atoms in total. The van der Waals surface area contributed by atoms with Gasteiger partial charge in [-0.2, -0.15) is 0 Å². The fraction of sp³-hybridized carbons (Fsp3) is 0.227. The van der Waals surface area contributed by atoms with Crippen molar-refractivity contribution in [3.8, 4) is 0 Å². The smallest absolute Gasteiger partial charge is 0.357 e. The van der Waals surface area contributed by atoms with Crippen LogP contribution >= 0.6 is 11.3 Å². The SMILES string of the molecule is COC(=O)c1nc(NC(=O)[C@@H](NC(=O)c2cccnc2)c2ccccc2)sc1C(C)C. The number of nitrogens with zero attached hydrogens (tertiary/aromatic N) is 2. The van der Waals surface area contributed by atoms with Gasteiger partial charge in [-0.1, -0.05) is 44.2 Å². The van der Waals surface area contributed by atoms with E-state index in [2.05, 4.69) is 20.6 Å². The number of carbonyl (C=O) groups is 3. The second-order valence-corrected chi connectivity index (χ2v) is 7.96. The number of amides is 2. The van der Waals surface area contributed by atoms with E-state index in [4.69, 9.17) is 4.74 Å². The molecule has 160 valence electrons. The van der Waals surface area contributed by atoms with Crippen LogP contribution in [0.25, 0.3) is 0 Å². The van der Waals surface area contributed by atoms with Gasteiger partial charge in [0, 0.05) is 17.3 Å². The number of hydrogen-bond donors (Lipinski definition) is 2. The van der Waals surface area contributed by atoms with E-state index in [1.165, 1.54) is 24.6 Å². The van der Waals surface area contributed by atoms with Crippen molar-refractivity contribution < 1.29 is 19.1 Å². The highest BCUT2D eigenvalue weighted by atomic mass is 32.1. The van der Waals surface area contributed by atoms with Crippen LogP contribution in [0.2, 0.25) is 0 Å². The highest BCUT2D eigenvalue weighted by molar-refractivity contribution is 7.16. The van der Waals surface area contributed by atoms with Crippen molar-refractivity contribution in [3.63, 3.8) is 0 Å². The lowest BCUT2D eigenvalue weighted by Crippen LogP contribution is -2.37. The molecule has 0 bridgehead atoms. The van der Waals surface area contributed by atoms with Crippen molar-refractivity contribution >= 4 is 34.3 Å². The number of methoxy groups -OCH3 is 1. The molecule has 3 aromatic rings. The number of aromatic nitrogens is 2. The first-order chi connectivity index (χ1) is 14.9. The van der Waals surface area contributed by atoms with Gasteiger partial charge in [-0.25, -0.2) is 9.78 Å². The molecular formula is C22H22N4O4S. The van der Waals surface area contributed by atoms with E-state index in [1.54, 1.807) is 42.6 Å². The third kappa shape index (κ3) is 5.32. The summed E-state index contributed by atoms with van der Waals surface area (Å²) in [7, 11) is 1.28. The molecule has 0 saturated carbocycles. The second kappa shape index (κ2) is 9.94. The first kappa shape index (κ1) is 22.1. The molecule has 3 rings (SSSR count). The summed E-state index contributed by atoms with van der Waals surface area (Å²) in [6, 6.07) is 11.2. The standard InChI is InChI=1S/C22H22N4O4S/c1-13(2)18-17(21(29)30-3)25-22(31-18)26-20(28)16(14-8-5-4-6-9-14)24-19(27)15-10-7-11-23-12-15/h4-13,16H,1-3H3,(H,24,27)(H,25,26,28)/t16-/m0/s1. The Balaban J connectivity index is 1.87. The van der Waals surface area contributed by atoms with Gasteiger partial charge in [0.25, 0.3) is 11.8 Å². The van der Waals surface area contributed by atoms with E-state index in [0.29, 0.717) is 16.0 Å². The lowest BCUT2D eigenvalue weighted by Gasteiger charge is -2.18. The average molecular weight is 439 g/mol. The van der Waals surface area contributed by atoms with Crippen molar-refractivity contribution in [1.82, 2.24) is 15.3 Å². The van der Waals surface area contributed by atoms with Crippen molar-refractivity contribution in [2.24, 2.45) is 0 Å². The quantitative estimate of drug-likeness (QED) is 0.546. The van der Waals surface area contributed by atoms with E-state index < -0.39 is 23.8 Å².